The van der Waals surface area contributed by atoms with Crippen LogP contribution >= 0.6 is 24.8 Å². The van der Waals surface area contributed by atoms with Crippen molar-refractivity contribution in [3.63, 3.8) is 0 Å². The molecule has 0 unspecified atom stereocenters. The summed E-state index contributed by atoms with van der Waals surface area (Å²) >= 11 is 0. The van der Waals surface area contributed by atoms with Crippen LogP contribution in [0.15, 0.2) is 78.9 Å². The third-order valence-electron chi connectivity index (χ3n) is 6.58. The van der Waals surface area contributed by atoms with Gasteiger partial charge in [0.2, 0.25) is 0 Å². The standard InChI is InChI=1S/C29H29FN4O.2ClH/c1-21-12-13-25-27(31-21)10-5-11-28(25)34-18-16-33(17-19-34)15-14-22-6-4-7-23(20-22)32-29(35)24-8-2-3-9-26(24)30;;/h2-13,20H,14-19H2,1H3,(H,32,35);2*1H. The number of carbonyl (C=O) groups excluding carboxylic acids is 1. The molecule has 1 aliphatic rings. The highest BCUT2D eigenvalue weighted by Crippen LogP contribution is 2.27. The van der Waals surface area contributed by atoms with Crippen LogP contribution < -0.4 is 10.2 Å². The highest BCUT2D eigenvalue weighted by molar-refractivity contribution is 6.04. The van der Waals surface area contributed by atoms with Gasteiger partial charge < -0.3 is 10.2 Å². The number of nitrogens with one attached hydrogen (secondary N) is 1. The molecule has 0 spiro atoms. The molecule has 4 aromatic rings. The van der Waals surface area contributed by atoms with Crippen molar-refractivity contribution in [2.75, 3.05) is 42.9 Å². The Hall–Kier alpha value is -3.19. The van der Waals surface area contributed by atoms with Crippen LogP contribution in [-0.2, 0) is 6.42 Å². The fourth-order valence-electron chi connectivity index (χ4n) is 4.66. The molecule has 1 amide bonds. The molecule has 0 bridgehead atoms. The number of halogens is 3. The number of hydrogen-bond donors (Lipinski definition) is 1. The lowest BCUT2D eigenvalue weighted by Crippen LogP contribution is -2.47. The van der Waals surface area contributed by atoms with Crippen molar-refractivity contribution >= 4 is 53.0 Å². The molecule has 37 heavy (non-hydrogen) atoms. The molecule has 3 aromatic carbocycles. The van der Waals surface area contributed by atoms with E-state index < -0.39 is 11.7 Å². The number of aryl methyl sites for hydroxylation is 1. The van der Waals surface area contributed by atoms with Crippen LogP contribution in [0.5, 0.6) is 0 Å². The fourth-order valence-corrected chi connectivity index (χ4v) is 4.66. The van der Waals surface area contributed by atoms with Gasteiger partial charge in [-0.1, -0.05) is 30.3 Å². The summed E-state index contributed by atoms with van der Waals surface area (Å²) in [5, 5.41) is 4.02. The zero-order valence-corrected chi connectivity index (χ0v) is 22.3. The Morgan fingerprint density at radius 2 is 1.68 bits per heavy atom. The lowest BCUT2D eigenvalue weighted by Gasteiger charge is -2.36. The Bertz CT molecular complexity index is 1360. The Morgan fingerprint density at radius 1 is 0.919 bits per heavy atom. The number of anilines is 2. The maximum absolute atomic E-state index is 13.9. The number of piperazine rings is 1. The van der Waals surface area contributed by atoms with E-state index in [4.69, 9.17) is 0 Å². The van der Waals surface area contributed by atoms with E-state index >= 15 is 0 Å². The van der Waals surface area contributed by atoms with Gasteiger partial charge in [0.1, 0.15) is 5.82 Å². The third-order valence-corrected chi connectivity index (χ3v) is 6.58. The zero-order valence-electron chi connectivity index (χ0n) is 20.7. The normalized spacial score (nSPS) is 13.5. The van der Waals surface area contributed by atoms with Gasteiger partial charge in [-0.15, -0.1) is 24.8 Å². The van der Waals surface area contributed by atoms with E-state index in [-0.39, 0.29) is 30.4 Å². The van der Waals surface area contributed by atoms with E-state index in [0.717, 1.165) is 55.9 Å². The van der Waals surface area contributed by atoms with Crippen LogP contribution in [0.2, 0.25) is 0 Å². The monoisotopic (exact) mass is 540 g/mol. The molecule has 1 N–H and O–H groups in total. The summed E-state index contributed by atoms with van der Waals surface area (Å²) in [6, 6.07) is 24.4. The Morgan fingerprint density at radius 3 is 2.46 bits per heavy atom. The minimum Gasteiger partial charge on any atom is -0.368 e. The van der Waals surface area contributed by atoms with Crippen LogP contribution in [0.25, 0.3) is 10.9 Å². The molecule has 2 heterocycles. The number of benzene rings is 3. The van der Waals surface area contributed by atoms with Crippen LogP contribution in [0.1, 0.15) is 21.6 Å². The number of fused-ring (bicyclic) bond motifs is 1. The van der Waals surface area contributed by atoms with Crippen molar-refractivity contribution in [3.05, 3.63) is 102 Å². The van der Waals surface area contributed by atoms with Crippen molar-refractivity contribution in [1.29, 1.82) is 0 Å². The van der Waals surface area contributed by atoms with Crippen LogP contribution in [0, 0.1) is 12.7 Å². The van der Waals surface area contributed by atoms with Crippen molar-refractivity contribution in [2.24, 2.45) is 0 Å². The fraction of sp³-hybridized carbons (Fsp3) is 0.241. The van der Waals surface area contributed by atoms with Gasteiger partial charge in [0.25, 0.3) is 5.91 Å². The number of nitrogens with zero attached hydrogens (tertiary/aromatic N) is 3. The van der Waals surface area contributed by atoms with E-state index in [9.17, 15) is 9.18 Å². The molecule has 5 rings (SSSR count). The summed E-state index contributed by atoms with van der Waals surface area (Å²) in [5.74, 6) is -0.953. The molecule has 1 saturated heterocycles. The highest BCUT2D eigenvalue weighted by atomic mass is 35.5. The van der Waals surface area contributed by atoms with Gasteiger partial charge in [0.15, 0.2) is 0 Å². The molecular formula is C29H31Cl2FN4O. The first-order chi connectivity index (χ1) is 17.1. The van der Waals surface area contributed by atoms with Gasteiger partial charge in [0, 0.05) is 55.2 Å². The zero-order chi connectivity index (χ0) is 24.2. The van der Waals surface area contributed by atoms with Crippen molar-refractivity contribution in [1.82, 2.24) is 9.88 Å². The number of rotatable bonds is 6. The first-order valence-corrected chi connectivity index (χ1v) is 12.1. The minimum absolute atomic E-state index is 0. The first-order valence-electron chi connectivity index (χ1n) is 12.1. The van der Waals surface area contributed by atoms with E-state index in [1.165, 1.54) is 23.2 Å². The molecule has 0 atom stereocenters. The lowest BCUT2D eigenvalue weighted by molar-refractivity contribution is 0.102. The number of carbonyl (C=O) groups is 1. The van der Waals surface area contributed by atoms with Gasteiger partial charge in [0.05, 0.1) is 11.1 Å². The predicted molar refractivity (Wildman–Crippen MR) is 154 cm³/mol. The van der Waals surface area contributed by atoms with E-state index in [1.54, 1.807) is 12.1 Å². The minimum atomic E-state index is -0.518. The van der Waals surface area contributed by atoms with Gasteiger partial charge in [-0.2, -0.15) is 0 Å². The van der Waals surface area contributed by atoms with Gasteiger partial charge in [-0.25, -0.2) is 4.39 Å². The summed E-state index contributed by atoms with van der Waals surface area (Å²) in [5.41, 5.74) is 5.22. The average molecular weight is 541 g/mol. The highest BCUT2D eigenvalue weighted by Gasteiger charge is 2.19. The summed E-state index contributed by atoms with van der Waals surface area (Å²) in [4.78, 5) is 22.0. The maximum Gasteiger partial charge on any atom is 0.258 e. The Labute approximate surface area is 229 Å². The van der Waals surface area contributed by atoms with Crippen molar-refractivity contribution in [3.8, 4) is 0 Å². The topological polar surface area (TPSA) is 48.5 Å². The number of pyridine rings is 1. The second kappa shape index (κ2) is 12.9. The van der Waals surface area contributed by atoms with Crippen LogP contribution in [-0.4, -0.2) is 48.5 Å². The van der Waals surface area contributed by atoms with E-state index in [2.05, 4.69) is 56.5 Å². The maximum atomic E-state index is 13.9. The Kier molecular flexibility index (Phi) is 9.86. The number of aromatic nitrogens is 1. The lowest BCUT2D eigenvalue weighted by atomic mass is 10.1. The smallest absolute Gasteiger partial charge is 0.258 e. The van der Waals surface area contributed by atoms with Crippen molar-refractivity contribution < 1.29 is 9.18 Å². The summed E-state index contributed by atoms with van der Waals surface area (Å²) in [7, 11) is 0. The molecule has 8 heteroatoms. The molecule has 0 saturated carbocycles. The average Bonchev–Trinajstić information content (AvgIpc) is 2.88. The quantitative estimate of drug-likeness (QED) is 0.319. The second-order valence-electron chi connectivity index (χ2n) is 9.01. The van der Waals surface area contributed by atoms with Crippen LogP contribution in [0.4, 0.5) is 15.8 Å². The van der Waals surface area contributed by atoms with Crippen LogP contribution in [0.3, 0.4) is 0 Å². The largest absolute Gasteiger partial charge is 0.368 e. The molecule has 194 valence electrons. The third kappa shape index (κ3) is 6.77. The first kappa shape index (κ1) is 28.4. The van der Waals surface area contributed by atoms with Gasteiger partial charge in [-0.05, 0) is 67.4 Å². The molecule has 0 aliphatic carbocycles. The van der Waals surface area contributed by atoms with Gasteiger partial charge >= 0.3 is 0 Å². The molecule has 1 fully saturated rings. The molecule has 1 aromatic heterocycles. The SMILES string of the molecule is Cc1ccc2c(N3CCN(CCc4cccc(NC(=O)c5ccccc5F)c4)CC3)cccc2n1.Cl.Cl. The van der Waals surface area contributed by atoms with E-state index in [0.29, 0.717) is 5.69 Å². The number of amides is 1. The second-order valence-corrected chi connectivity index (χ2v) is 9.01. The summed E-state index contributed by atoms with van der Waals surface area (Å²) in [6.45, 7) is 6.93. The predicted octanol–water partition coefficient (Wildman–Crippen LogP) is 6.14. The summed E-state index contributed by atoms with van der Waals surface area (Å²) < 4.78 is 13.9. The molecule has 0 radical (unpaired) electrons. The summed E-state index contributed by atoms with van der Waals surface area (Å²) in [6.07, 6.45) is 0.890. The van der Waals surface area contributed by atoms with Gasteiger partial charge in [-0.3, -0.25) is 14.7 Å². The molecule has 5 nitrogen and oxygen atoms in total. The van der Waals surface area contributed by atoms with E-state index in [1.807, 2.05) is 25.1 Å². The number of hydrogen-bond acceptors (Lipinski definition) is 4. The molecule has 1 aliphatic heterocycles. The van der Waals surface area contributed by atoms with Crippen molar-refractivity contribution in [2.45, 2.75) is 13.3 Å². The molecular weight excluding hydrogens is 510 g/mol. The Balaban J connectivity index is 0.00000190.